The second-order valence-electron chi connectivity index (χ2n) is 7.65. The molecule has 6 nitrogen and oxygen atoms in total. The quantitative estimate of drug-likeness (QED) is 0.893. The number of aromatic nitrogens is 1. The summed E-state index contributed by atoms with van der Waals surface area (Å²) in [4.78, 5) is 14.2. The minimum Gasteiger partial charge on any atom is -0.478 e. The first-order valence-corrected chi connectivity index (χ1v) is 9.84. The fourth-order valence-electron chi connectivity index (χ4n) is 4.52. The van der Waals surface area contributed by atoms with Gasteiger partial charge in [0, 0.05) is 49.8 Å². The minimum absolute atomic E-state index is 0.130. The van der Waals surface area contributed by atoms with Crippen molar-refractivity contribution in [2.75, 3.05) is 39.5 Å². The molecule has 0 bridgehead atoms. The maximum absolute atomic E-state index is 11.9. The van der Waals surface area contributed by atoms with Gasteiger partial charge in [-0.15, -0.1) is 0 Å². The fraction of sp³-hybridized carbons (Fsp3) is 0.571. The van der Waals surface area contributed by atoms with Gasteiger partial charge >= 0.3 is 5.97 Å². The number of aromatic carboxylic acids is 1. The largest absolute Gasteiger partial charge is 0.478 e. The van der Waals surface area contributed by atoms with E-state index in [9.17, 15) is 9.90 Å². The molecule has 0 spiro atoms. The molecule has 2 aliphatic heterocycles. The molecular formula is C21H28N2O4. The summed E-state index contributed by atoms with van der Waals surface area (Å²) in [6.07, 6.45) is 4.27. The molecule has 2 aromatic heterocycles. The Balaban J connectivity index is 1.81. The molecule has 2 fully saturated rings. The normalized spacial score (nSPS) is 20.8. The zero-order valence-corrected chi connectivity index (χ0v) is 16.1. The standard InChI is InChI=1S/C21H28N2O4/c1-14-19(21(24)25)12-18-11-17(16-3-7-26-8-4-16)13-23(18)20(14)15(2)22-5-9-27-10-6-22/h11-13,15-16H,3-10H2,1-2H3,(H,24,25). The maximum atomic E-state index is 11.9. The molecule has 2 aromatic rings. The van der Waals surface area contributed by atoms with Gasteiger partial charge in [-0.3, -0.25) is 4.90 Å². The molecule has 4 heterocycles. The lowest BCUT2D eigenvalue weighted by atomic mass is 9.94. The van der Waals surface area contributed by atoms with Gasteiger partial charge in [0.1, 0.15) is 0 Å². The van der Waals surface area contributed by atoms with E-state index in [1.54, 1.807) is 0 Å². The van der Waals surface area contributed by atoms with E-state index in [2.05, 4.69) is 28.5 Å². The molecule has 0 aromatic carbocycles. The number of rotatable bonds is 4. The Hall–Kier alpha value is -1.89. The first-order chi connectivity index (χ1) is 13.1. The van der Waals surface area contributed by atoms with E-state index in [-0.39, 0.29) is 6.04 Å². The molecule has 0 aliphatic carbocycles. The number of pyridine rings is 1. The van der Waals surface area contributed by atoms with Gasteiger partial charge in [0.15, 0.2) is 0 Å². The van der Waals surface area contributed by atoms with E-state index >= 15 is 0 Å². The van der Waals surface area contributed by atoms with E-state index in [1.165, 1.54) is 5.56 Å². The number of morpholine rings is 1. The van der Waals surface area contributed by atoms with Crippen LogP contribution in [0.5, 0.6) is 0 Å². The van der Waals surface area contributed by atoms with Gasteiger partial charge in [-0.2, -0.15) is 0 Å². The van der Waals surface area contributed by atoms with Gasteiger partial charge < -0.3 is 19.0 Å². The number of hydrogen-bond donors (Lipinski definition) is 1. The van der Waals surface area contributed by atoms with Gasteiger partial charge in [-0.25, -0.2) is 4.79 Å². The highest BCUT2D eigenvalue weighted by Crippen LogP contribution is 2.33. The third-order valence-electron chi connectivity index (χ3n) is 6.12. The highest BCUT2D eigenvalue weighted by Gasteiger charge is 2.26. The second kappa shape index (κ2) is 7.62. The SMILES string of the molecule is Cc1c(C(=O)O)cc2cc(C3CCOCC3)cn2c1C(C)N1CCOCC1. The average molecular weight is 372 g/mol. The summed E-state index contributed by atoms with van der Waals surface area (Å²) in [5.74, 6) is -0.377. The van der Waals surface area contributed by atoms with Crippen LogP contribution in [0, 0.1) is 6.92 Å². The predicted octanol–water partition coefficient (Wildman–Crippen LogP) is 3.23. The monoisotopic (exact) mass is 372 g/mol. The van der Waals surface area contributed by atoms with E-state index < -0.39 is 5.97 Å². The van der Waals surface area contributed by atoms with E-state index in [0.29, 0.717) is 11.5 Å². The first kappa shape index (κ1) is 18.5. The highest BCUT2D eigenvalue weighted by molar-refractivity contribution is 5.91. The number of ether oxygens (including phenoxy) is 2. The number of carboxylic acids is 1. The van der Waals surface area contributed by atoms with E-state index in [4.69, 9.17) is 9.47 Å². The Morgan fingerprint density at radius 3 is 2.48 bits per heavy atom. The van der Waals surface area contributed by atoms with Crippen LogP contribution < -0.4 is 0 Å². The molecule has 0 amide bonds. The Labute approximate surface area is 159 Å². The summed E-state index contributed by atoms with van der Waals surface area (Å²) < 4.78 is 13.2. The van der Waals surface area contributed by atoms with Crippen LogP contribution in [-0.4, -0.2) is 59.9 Å². The van der Waals surface area contributed by atoms with Gasteiger partial charge in [0.05, 0.1) is 18.8 Å². The molecule has 1 atom stereocenters. The molecule has 27 heavy (non-hydrogen) atoms. The van der Waals surface area contributed by atoms with Crippen molar-refractivity contribution in [3.05, 3.63) is 40.7 Å². The summed E-state index contributed by atoms with van der Waals surface area (Å²) in [7, 11) is 0. The zero-order valence-electron chi connectivity index (χ0n) is 16.1. The number of carboxylic acid groups (broad SMARTS) is 1. The van der Waals surface area contributed by atoms with Crippen molar-refractivity contribution in [2.45, 2.75) is 38.6 Å². The molecule has 0 radical (unpaired) electrons. The Morgan fingerprint density at radius 1 is 1.15 bits per heavy atom. The van der Waals surface area contributed by atoms with Crippen molar-refractivity contribution in [3.8, 4) is 0 Å². The summed E-state index contributed by atoms with van der Waals surface area (Å²) in [6, 6.07) is 4.11. The third-order valence-corrected chi connectivity index (χ3v) is 6.12. The summed E-state index contributed by atoms with van der Waals surface area (Å²) >= 11 is 0. The van der Waals surface area contributed by atoms with Crippen LogP contribution in [0.4, 0.5) is 0 Å². The summed E-state index contributed by atoms with van der Waals surface area (Å²) in [5.41, 5.74) is 4.58. The van der Waals surface area contributed by atoms with Crippen molar-refractivity contribution < 1.29 is 19.4 Å². The van der Waals surface area contributed by atoms with Crippen molar-refractivity contribution in [3.63, 3.8) is 0 Å². The summed E-state index contributed by atoms with van der Waals surface area (Å²) in [5, 5.41) is 9.74. The van der Waals surface area contributed by atoms with Crippen molar-refractivity contribution in [1.82, 2.24) is 9.30 Å². The lowest BCUT2D eigenvalue weighted by molar-refractivity contribution is 0.0187. The van der Waals surface area contributed by atoms with Crippen LogP contribution in [0.15, 0.2) is 18.3 Å². The van der Waals surface area contributed by atoms with Gasteiger partial charge in [-0.05, 0) is 55.9 Å². The number of hydrogen-bond acceptors (Lipinski definition) is 4. The Morgan fingerprint density at radius 2 is 1.81 bits per heavy atom. The molecule has 1 unspecified atom stereocenters. The topological polar surface area (TPSA) is 63.4 Å². The number of nitrogens with zero attached hydrogens (tertiary/aromatic N) is 2. The van der Waals surface area contributed by atoms with Crippen molar-refractivity contribution in [2.24, 2.45) is 0 Å². The van der Waals surface area contributed by atoms with Crippen LogP contribution in [0.2, 0.25) is 0 Å². The predicted molar refractivity (Wildman–Crippen MR) is 103 cm³/mol. The second-order valence-corrected chi connectivity index (χ2v) is 7.65. The van der Waals surface area contributed by atoms with Crippen LogP contribution in [0.1, 0.15) is 58.9 Å². The highest BCUT2D eigenvalue weighted by atomic mass is 16.5. The molecule has 146 valence electrons. The molecular weight excluding hydrogens is 344 g/mol. The van der Waals surface area contributed by atoms with Crippen LogP contribution in [0.25, 0.3) is 5.52 Å². The van der Waals surface area contributed by atoms with Crippen LogP contribution in [0.3, 0.4) is 0 Å². The first-order valence-electron chi connectivity index (χ1n) is 9.84. The molecule has 2 saturated heterocycles. The molecule has 2 aliphatic rings. The van der Waals surface area contributed by atoms with Gasteiger partial charge in [-0.1, -0.05) is 0 Å². The van der Waals surface area contributed by atoms with Gasteiger partial charge in [0.2, 0.25) is 0 Å². The van der Waals surface area contributed by atoms with Crippen molar-refractivity contribution in [1.29, 1.82) is 0 Å². The van der Waals surface area contributed by atoms with Crippen LogP contribution >= 0.6 is 0 Å². The number of carbonyl (C=O) groups is 1. The molecule has 6 heteroatoms. The minimum atomic E-state index is -0.862. The molecule has 1 N–H and O–H groups in total. The lowest BCUT2D eigenvalue weighted by Crippen LogP contribution is -2.39. The fourth-order valence-corrected chi connectivity index (χ4v) is 4.52. The van der Waals surface area contributed by atoms with E-state index in [0.717, 1.165) is 69.1 Å². The summed E-state index contributed by atoms with van der Waals surface area (Å²) in [6.45, 7) is 8.89. The van der Waals surface area contributed by atoms with E-state index in [1.807, 2.05) is 13.0 Å². The Bertz CT molecular complexity index is 832. The van der Waals surface area contributed by atoms with Gasteiger partial charge in [0.25, 0.3) is 0 Å². The third kappa shape index (κ3) is 3.49. The smallest absolute Gasteiger partial charge is 0.336 e. The molecule has 0 saturated carbocycles. The molecule has 4 rings (SSSR count). The Kier molecular flexibility index (Phi) is 5.21. The number of fused-ring (bicyclic) bond motifs is 1. The zero-order chi connectivity index (χ0) is 19.0. The van der Waals surface area contributed by atoms with Crippen LogP contribution in [-0.2, 0) is 9.47 Å². The lowest BCUT2D eigenvalue weighted by Gasteiger charge is -2.34. The average Bonchev–Trinajstić information content (AvgIpc) is 3.12. The van der Waals surface area contributed by atoms with Crippen molar-refractivity contribution >= 4 is 11.5 Å². The maximum Gasteiger partial charge on any atom is 0.336 e.